The first-order valence-corrected chi connectivity index (χ1v) is 6.94. The smallest absolute Gasteiger partial charge is 0.177 e. The molecule has 0 aliphatic heterocycles. The van der Waals surface area contributed by atoms with Crippen LogP contribution in [0.3, 0.4) is 0 Å². The Labute approximate surface area is 122 Å². The van der Waals surface area contributed by atoms with Crippen molar-refractivity contribution in [1.82, 2.24) is 20.6 Å². The minimum Gasteiger partial charge on any atom is -0.177 e. The molecule has 0 saturated heterocycles. The number of allylic oxidation sites excluding steroid dienone is 1. The van der Waals surface area contributed by atoms with Crippen molar-refractivity contribution in [2.45, 2.75) is 12.8 Å². The lowest BCUT2D eigenvalue weighted by molar-refractivity contribution is 0.881. The average Bonchev–Trinajstić information content (AvgIpc) is 3.13. The van der Waals surface area contributed by atoms with E-state index < -0.39 is 0 Å². The van der Waals surface area contributed by atoms with Crippen molar-refractivity contribution in [3.63, 3.8) is 0 Å². The molecule has 1 aliphatic carbocycles. The van der Waals surface area contributed by atoms with E-state index in [0.717, 1.165) is 5.56 Å². The van der Waals surface area contributed by atoms with Gasteiger partial charge in [0.15, 0.2) is 0 Å². The van der Waals surface area contributed by atoms with Crippen molar-refractivity contribution >= 4 is 6.08 Å². The van der Waals surface area contributed by atoms with Gasteiger partial charge in [0.25, 0.3) is 0 Å². The molecule has 0 saturated carbocycles. The first-order valence-electron chi connectivity index (χ1n) is 6.94. The van der Waals surface area contributed by atoms with Gasteiger partial charge in [0.1, 0.15) is 0 Å². The third-order valence-corrected chi connectivity index (χ3v) is 4.00. The highest BCUT2D eigenvalue weighted by Crippen LogP contribution is 2.43. The van der Waals surface area contributed by atoms with E-state index in [0.29, 0.717) is 5.82 Å². The minimum atomic E-state index is 0.260. The molecule has 1 heterocycles. The number of aromatic nitrogens is 4. The van der Waals surface area contributed by atoms with Crippen molar-refractivity contribution in [1.29, 1.82) is 0 Å². The van der Waals surface area contributed by atoms with Gasteiger partial charge >= 0.3 is 0 Å². The van der Waals surface area contributed by atoms with E-state index in [4.69, 9.17) is 0 Å². The van der Waals surface area contributed by atoms with Crippen LogP contribution in [-0.4, -0.2) is 20.6 Å². The Bertz CT molecular complexity index is 818. The molecule has 4 heteroatoms. The number of aromatic amines is 1. The van der Waals surface area contributed by atoms with Crippen molar-refractivity contribution in [2.75, 3.05) is 0 Å². The van der Waals surface area contributed by atoms with Crippen molar-refractivity contribution in [3.8, 4) is 11.4 Å². The normalized spacial score (nSPS) is 16.6. The molecule has 21 heavy (non-hydrogen) atoms. The van der Waals surface area contributed by atoms with Crippen LogP contribution in [0.25, 0.3) is 17.5 Å². The van der Waals surface area contributed by atoms with Crippen LogP contribution in [0.15, 0.2) is 54.1 Å². The van der Waals surface area contributed by atoms with Crippen molar-refractivity contribution < 1.29 is 0 Å². The van der Waals surface area contributed by atoms with Crippen LogP contribution >= 0.6 is 0 Å². The molecule has 1 aromatic heterocycles. The molecule has 1 atom stereocenters. The summed E-state index contributed by atoms with van der Waals surface area (Å²) in [6.45, 7) is 2.18. The summed E-state index contributed by atoms with van der Waals surface area (Å²) in [5.74, 6) is 0.902. The van der Waals surface area contributed by atoms with Gasteiger partial charge in [-0.1, -0.05) is 60.2 Å². The predicted octanol–water partition coefficient (Wildman–Crippen LogP) is 3.42. The maximum atomic E-state index is 4.13. The van der Waals surface area contributed by atoms with Gasteiger partial charge in [-0.2, -0.15) is 5.21 Å². The van der Waals surface area contributed by atoms with Gasteiger partial charge in [-0.3, -0.25) is 0 Å². The Morgan fingerprint density at radius 1 is 0.952 bits per heavy atom. The fourth-order valence-electron chi connectivity index (χ4n) is 3.12. The molecule has 0 spiro atoms. The van der Waals surface area contributed by atoms with Gasteiger partial charge in [-0.05, 0) is 28.8 Å². The average molecular weight is 274 g/mol. The lowest BCUT2D eigenvalue weighted by Gasteiger charge is -2.17. The fourth-order valence-corrected chi connectivity index (χ4v) is 3.12. The van der Waals surface area contributed by atoms with Crippen LogP contribution in [0.4, 0.5) is 0 Å². The van der Waals surface area contributed by atoms with E-state index in [1.807, 2.05) is 6.07 Å². The van der Waals surface area contributed by atoms with Gasteiger partial charge < -0.3 is 0 Å². The Morgan fingerprint density at radius 2 is 1.71 bits per heavy atom. The number of rotatable bonds is 2. The van der Waals surface area contributed by atoms with Crippen LogP contribution < -0.4 is 0 Å². The van der Waals surface area contributed by atoms with Gasteiger partial charge in [0.05, 0.1) is 0 Å². The molecule has 4 rings (SSSR count). The Morgan fingerprint density at radius 3 is 2.52 bits per heavy atom. The van der Waals surface area contributed by atoms with E-state index >= 15 is 0 Å². The molecular weight excluding hydrogens is 260 g/mol. The van der Waals surface area contributed by atoms with Crippen LogP contribution in [0, 0.1) is 0 Å². The third kappa shape index (κ3) is 1.88. The summed E-state index contributed by atoms with van der Waals surface area (Å²) in [7, 11) is 0. The maximum Gasteiger partial charge on any atom is 0.204 e. The highest BCUT2D eigenvalue weighted by Gasteiger charge is 2.26. The zero-order valence-electron chi connectivity index (χ0n) is 11.6. The van der Waals surface area contributed by atoms with Crippen molar-refractivity contribution in [2.24, 2.45) is 0 Å². The summed E-state index contributed by atoms with van der Waals surface area (Å²) in [5.41, 5.74) is 6.22. The lowest BCUT2D eigenvalue weighted by Crippen LogP contribution is -2.02. The first-order chi connectivity index (χ1) is 10.3. The quantitative estimate of drug-likeness (QED) is 0.779. The van der Waals surface area contributed by atoms with Crippen LogP contribution in [0.5, 0.6) is 0 Å². The molecule has 0 amide bonds. The SMILES string of the molecule is CC1=Cc2ccccc2C1c1ccccc1-c1nn[nH]n1. The number of tetrazole rings is 1. The molecular formula is C17H14N4. The topological polar surface area (TPSA) is 54.5 Å². The number of nitrogens with zero attached hydrogens (tertiary/aromatic N) is 3. The molecule has 1 unspecified atom stereocenters. The molecule has 1 aliphatic rings. The minimum absolute atomic E-state index is 0.260. The monoisotopic (exact) mass is 274 g/mol. The number of fused-ring (bicyclic) bond motifs is 1. The van der Waals surface area contributed by atoms with E-state index in [9.17, 15) is 0 Å². The summed E-state index contributed by atoms with van der Waals surface area (Å²) in [5, 5.41) is 14.5. The van der Waals surface area contributed by atoms with Gasteiger partial charge in [0, 0.05) is 11.5 Å². The highest BCUT2D eigenvalue weighted by molar-refractivity contribution is 5.73. The molecule has 0 fully saturated rings. The van der Waals surface area contributed by atoms with Gasteiger partial charge in [-0.25, -0.2) is 0 Å². The van der Waals surface area contributed by atoms with E-state index in [2.05, 4.69) is 76.1 Å². The Kier molecular flexibility index (Phi) is 2.67. The number of hydrogen-bond acceptors (Lipinski definition) is 3. The molecule has 102 valence electrons. The molecule has 0 radical (unpaired) electrons. The summed E-state index contributed by atoms with van der Waals surface area (Å²) >= 11 is 0. The Hall–Kier alpha value is -2.75. The number of benzene rings is 2. The third-order valence-electron chi connectivity index (χ3n) is 4.00. The lowest BCUT2D eigenvalue weighted by atomic mass is 9.86. The molecule has 0 bridgehead atoms. The zero-order chi connectivity index (χ0) is 14.2. The highest BCUT2D eigenvalue weighted by atomic mass is 15.5. The second kappa shape index (κ2) is 4.66. The summed E-state index contributed by atoms with van der Waals surface area (Å²) in [6.07, 6.45) is 2.26. The predicted molar refractivity (Wildman–Crippen MR) is 81.5 cm³/mol. The molecule has 3 aromatic rings. The first kappa shape index (κ1) is 12.0. The van der Waals surface area contributed by atoms with Crippen LogP contribution in [0.1, 0.15) is 29.5 Å². The van der Waals surface area contributed by atoms with Crippen LogP contribution in [-0.2, 0) is 0 Å². The summed E-state index contributed by atoms with van der Waals surface area (Å²) in [4.78, 5) is 0. The number of hydrogen-bond donors (Lipinski definition) is 1. The molecule has 4 nitrogen and oxygen atoms in total. The van der Waals surface area contributed by atoms with Gasteiger partial charge in [-0.15, -0.1) is 10.2 Å². The maximum absolute atomic E-state index is 4.13. The zero-order valence-corrected chi connectivity index (χ0v) is 11.6. The van der Waals surface area contributed by atoms with E-state index in [1.165, 1.54) is 22.3 Å². The second-order valence-electron chi connectivity index (χ2n) is 5.27. The summed E-state index contributed by atoms with van der Waals surface area (Å²) < 4.78 is 0. The molecule has 2 aromatic carbocycles. The number of H-pyrrole nitrogens is 1. The summed E-state index contributed by atoms with van der Waals surface area (Å²) in [6, 6.07) is 16.8. The second-order valence-corrected chi connectivity index (χ2v) is 5.27. The van der Waals surface area contributed by atoms with E-state index in [-0.39, 0.29) is 5.92 Å². The van der Waals surface area contributed by atoms with E-state index in [1.54, 1.807) is 0 Å². The van der Waals surface area contributed by atoms with Crippen LogP contribution in [0.2, 0.25) is 0 Å². The Balaban J connectivity index is 1.91. The fraction of sp³-hybridized carbons (Fsp3) is 0.118. The van der Waals surface area contributed by atoms with Crippen molar-refractivity contribution in [3.05, 3.63) is 70.8 Å². The standard InChI is InChI=1S/C17H14N4/c1-11-10-12-6-2-3-7-13(12)16(11)14-8-4-5-9-15(14)17-18-20-21-19-17/h2-10,16H,1H3,(H,18,19,20,21). The molecule has 1 N–H and O–H groups in total. The van der Waals surface area contributed by atoms with Gasteiger partial charge in [0.2, 0.25) is 5.82 Å². The largest absolute Gasteiger partial charge is 0.204 e. The number of nitrogens with one attached hydrogen (secondary N) is 1.